The van der Waals surface area contributed by atoms with Crippen LogP contribution in [0, 0.1) is 11.8 Å². The van der Waals surface area contributed by atoms with Crippen molar-refractivity contribution in [3.05, 3.63) is 0 Å². The Hall–Kier alpha value is 0.0900. The molecule has 0 unspecified atom stereocenters. The van der Waals surface area contributed by atoms with E-state index in [2.05, 4.69) is 13.8 Å². The second-order valence-electron chi connectivity index (χ2n) is 6.27. The molecule has 0 radical (unpaired) electrons. The molecule has 2 heterocycles. The van der Waals surface area contributed by atoms with Crippen LogP contribution in [0.15, 0.2) is 0 Å². The lowest BCUT2D eigenvalue weighted by Gasteiger charge is -2.47. The monoisotopic (exact) mass is 334 g/mol. The molecule has 0 saturated carbocycles. The molecule has 122 valence electrons. The Morgan fingerprint density at radius 2 is 1.95 bits per heavy atom. The highest BCUT2D eigenvalue weighted by Crippen LogP contribution is 2.44. The molecule has 0 spiro atoms. The van der Waals surface area contributed by atoms with Gasteiger partial charge in [-0.25, -0.2) is 0 Å². The minimum Gasteiger partial charge on any atom is -0.463 e. The van der Waals surface area contributed by atoms with E-state index in [-0.39, 0.29) is 24.1 Å². The van der Waals surface area contributed by atoms with Crippen molar-refractivity contribution in [2.24, 2.45) is 11.8 Å². The van der Waals surface area contributed by atoms with Crippen LogP contribution in [0.4, 0.5) is 0 Å². The van der Waals surface area contributed by atoms with Crippen molar-refractivity contribution >= 4 is 29.5 Å². The minimum absolute atomic E-state index is 0.110. The molecule has 2 fully saturated rings. The van der Waals surface area contributed by atoms with Crippen molar-refractivity contribution in [3.8, 4) is 0 Å². The standard InChI is InChI=1S/C15H26O4S2/c1-9-12(8-17-11(3)16)18-15(4,5)19-13(9)10(2)14-20-6-7-21-14/h9-10,12-14H,6-8H2,1-5H3/t9-,10-,12-,13+/m1/s1. The highest BCUT2D eigenvalue weighted by atomic mass is 32.2. The zero-order valence-corrected chi connectivity index (χ0v) is 15.1. The van der Waals surface area contributed by atoms with Gasteiger partial charge in [0.1, 0.15) is 12.7 Å². The molecule has 2 rings (SSSR count). The maximum absolute atomic E-state index is 11.1. The fourth-order valence-corrected chi connectivity index (χ4v) is 6.07. The third-order valence-corrected chi connectivity index (χ3v) is 7.48. The molecule has 0 amide bonds. The number of carbonyl (C=O) groups excluding carboxylic acids is 1. The Kier molecular flexibility index (Phi) is 5.91. The van der Waals surface area contributed by atoms with Crippen LogP contribution in [0.1, 0.15) is 34.6 Å². The van der Waals surface area contributed by atoms with Crippen LogP contribution in [-0.4, -0.2) is 46.7 Å². The quantitative estimate of drug-likeness (QED) is 0.736. The molecule has 0 bridgehead atoms. The van der Waals surface area contributed by atoms with Gasteiger partial charge in [0, 0.05) is 30.3 Å². The van der Waals surface area contributed by atoms with Crippen molar-refractivity contribution in [3.63, 3.8) is 0 Å². The number of thioether (sulfide) groups is 2. The van der Waals surface area contributed by atoms with E-state index in [1.165, 1.54) is 18.4 Å². The van der Waals surface area contributed by atoms with Crippen LogP contribution in [0.5, 0.6) is 0 Å². The van der Waals surface area contributed by atoms with E-state index >= 15 is 0 Å². The fraction of sp³-hybridized carbons (Fsp3) is 0.933. The number of rotatable bonds is 4. The number of esters is 1. The molecule has 6 heteroatoms. The van der Waals surface area contributed by atoms with Crippen LogP contribution in [0.25, 0.3) is 0 Å². The van der Waals surface area contributed by atoms with Gasteiger partial charge in [-0.05, 0) is 13.8 Å². The molecular formula is C15H26O4S2. The zero-order valence-electron chi connectivity index (χ0n) is 13.5. The predicted molar refractivity (Wildman–Crippen MR) is 87.5 cm³/mol. The highest BCUT2D eigenvalue weighted by molar-refractivity contribution is 8.20. The Labute approximate surface area is 136 Å². The van der Waals surface area contributed by atoms with E-state index in [0.717, 1.165) is 0 Å². The smallest absolute Gasteiger partial charge is 0.302 e. The second kappa shape index (κ2) is 7.11. The summed E-state index contributed by atoms with van der Waals surface area (Å²) in [5.74, 6) is 2.19. The van der Waals surface area contributed by atoms with Crippen molar-refractivity contribution in [1.29, 1.82) is 0 Å². The molecular weight excluding hydrogens is 308 g/mol. The van der Waals surface area contributed by atoms with Gasteiger partial charge in [-0.2, -0.15) is 0 Å². The summed E-state index contributed by atoms with van der Waals surface area (Å²) < 4.78 is 17.9. The first-order valence-corrected chi connectivity index (χ1v) is 9.62. The maximum atomic E-state index is 11.1. The van der Waals surface area contributed by atoms with E-state index < -0.39 is 5.79 Å². The summed E-state index contributed by atoms with van der Waals surface area (Å²) in [5, 5.41) is 0. The summed E-state index contributed by atoms with van der Waals surface area (Å²) in [6.45, 7) is 10.0. The molecule has 0 aromatic heterocycles. The van der Waals surface area contributed by atoms with E-state index in [9.17, 15) is 4.79 Å². The Morgan fingerprint density at radius 1 is 1.33 bits per heavy atom. The zero-order chi connectivity index (χ0) is 15.6. The van der Waals surface area contributed by atoms with Crippen molar-refractivity contribution < 1.29 is 19.0 Å². The molecule has 0 aromatic rings. The van der Waals surface area contributed by atoms with Crippen LogP contribution in [0.2, 0.25) is 0 Å². The molecule has 21 heavy (non-hydrogen) atoms. The average molecular weight is 335 g/mol. The number of ether oxygens (including phenoxy) is 3. The minimum atomic E-state index is -0.635. The van der Waals surface area contributed by atoms with Gasteiger partial charge in [-0.3, -0.25) is 4.79 Å². The first-order valence-electron chi connectivity index (χ1n) is 7.52. The SMILES string of the molecule is CC(=O)OC[C@H]1OC(C)(C)O[C@H]([C@@H](C)C2SCCS2)[C@@H]1C. The van der Waals surface area contributed by atoms with Crippen LogP contribution in [-0.2, 0) is 19.0 Å². The van der Waals surface area contributed by atoms with Gasteiger partial charge in [-0.15, -0.1) is 23.5 Å². The maximum Gasteiger partial charge on any atom is 0.302 e. The fourth-order valence-electron chi connectivity index (χ4n) is 2.95. The van der Waals surface area contributed by atoms with Gasteiger partial charge < -0.3 is 14.2 Å². The van der Waals surface area contributed by atoms with Crippen LogP contribution in [0.3, 0.4) is 0 Å². The summed E-state index contributed by atoms with van der Waals surface area (Å²) in [7, 11) is 0. The summed E-state index contributed by atoms with van der Waals surface area (Å²) >= 11 is 4.05. The largest absolute Gasteiger partial charge is 0.463 e. The second-order valence-corrected chi connectivity index (χ2v) is 9.07. The summed E-state index contributed by atoms with van der Waals surface area (Å²) in [6.07, 6.45) is 0.0129. The topological polar surface area (TPSA) is 44.8 Å². The third kappa shape index (κ3) is 4.53. The Balaban J connectivity index is 2.05. The Bertz CT molecular complexity index is 369. The third-order valence-electron chi connectivity index (χ3n) is 4.01. The molecule has 0 aliphatic carbocycles. The van der Waals surface area contributed by atoms with Gasteiger partial charge in [0.05, 0.1) is 10.7 Å². The summed E-state index contributed by atoms with van der Waals surface area (Å²) in [6, 6.07) is 0. The number of hydrogen-bond acceptors (Lipinski definition) is 6. The van der Waals surface area contributed by atoms with Gasteiger partial charge in [-0.1, -0.05) is 13.8 Å². The lowest BCUT2D eigenvalue weighted by Crippen LogP contribution is -2.54. The van der Waals surface area contributed by atoms with Crippen molar-refractivity contribution in [1.82, 2.24) is 0 Å². The Morgan fingerprint density at radius 3 is 2.52 bits per heavy atom. The molecule has 2 saturated heterocycles. The summed E-state index contributed by atoms with van der Waals surface area (Å²) in [4.78, 5) is 11.1. The van der Waals surface area contributed by atoms with Crippen LogP contribution < -0.4 is 0 Å². The van der Waals surface area contributed by atoms with Gasteiger partial charge in [0.2, 0.25) is 0 Å². The molecule has 4 atom stereocenters. The highest BCUT2D eigenvalue weighted by Gasteiger charge is 2.45. The van der Waals surface area contributed by atoms with E-state index in [0.29, 0.717) is 17.1 Å². The van der Waals surface area contributed by atoms with E-state index in [4.69, 9.17) is 14.2 Å². The number of carbonyl (C=O) groups is 1. The van der Waals surface area contributed by atoms with Gasteiger partial charge >= 0.3 is 5.97 Å². The molecule has 2 aliphatic rings. The van der Waals surface area contributed by atoms with E-state index in [1.54, 1.807) is 0 Å². The van der Waals surface area contributed by atoms with Gasteiger partial charge in [0.25, 0.3) is 0 Å². The first-order chi connectivity index (χ1) is 9.80. The molecule has 4 nitrogen and oxygen atoms in total. The average Bonchev–Trinajstić information content (AvgIpc) is 2.92. The first kappa shape index (κ1) is 17.4. The molecule has 2 aliphatic heterocycles. The normalized spacial score (nSPS) is 34.6. The van der Waals surface area contributed by atoms with E-state index in [1.807, 2.05) is 37.4 Å². The summed E-state index contributed by atoms with van der Waals surface area (Å²) in [5.41, 5.74) is 0. The van der Waals surface area contributed by atoms with Gasteiger partial charge in [0.15, 0.2) is 5.79 Å². The molecule has 0 N–H and O–H groups in total. The predicted octanol–water partition coefficient (Wildman–Crippen LogP) is 3.15. The van der Waals surface area contributed by atoms with Crippen LogP contribution >= 0.6 is 23.5 Å². The number of hydrogen-bond donors (Lipinski definition) is 0. The van der Waals surface area contributed by atoms with Crippen molar-refractivity contribution in [2.75, 3.05) is 18.1 Å². The lowest BCUT2D eigenvalue weighted by atomic mass is 9.88. The lowest BCUT2D eigenvalue weighted by molar-refractivity contribution is -0.330. The molecule has 0 aromatic carbocycles. The van der Waals surface area contributed by atoms with Crippen molar-refractivity contribution in [2.45, 2.75) is 57.2 Å².